The SMILES string of the molecule is CCc1c(C(=O)N(C)CC(=O)Nc2ccccc2)cnn1-c1cccc(Cl)c1. The first-order valence-electron chi connectivity index (χ1n) is 8.92. The first kappa shape index (κ1) is 19.6. The fraction of sp³-hybridized carbons (Fsp3) is 0.190. The largest absolute Gasteiger partial charge is 0.332 e. The molecule has 0 aliphatic rings. The van der Waals surface area contributed by atoms with Crippen LogP contribution in [-0.4, -0.2) is 40.1 Å². The van der Waals surface area contributed by atoms with Gasteiger partial charge in [-0.3, -0.25) is 9.59 Å². The Morgan fingerprint density at radius 1 is 1.14 bits per heavy atom. The number of carbonyl (C=O) groups is 2. The lowest BCUT2D eigenvalue weighted by Gasteiger charge is -2.17. The second-order valence-electron chi connectivity index (χ2n) is 6.33. The van der Waals surface area contributed by atoms with Crippen molar-refractivity contribution in [3.8, 4) is 5.69 Å². The van der Waals surface area contributed by atoms with Crippen molar-refractivity contribution in [2.24, 2.45) is 0 Å². The maximum atomic E-state index is 12.9. The van der Waals surface area contributed by atoms with Gasteiger partial charge in [-0.25, -0.2) is 4.68 Å². The van der Waals surface area contributed by atoms with E-state index in [1.54, 1.807) is 36.0 Å². The van der Waals surface area contributed by atoms with Crippen molar-refractivity contribution in [1.29, 1.82) is 0 Å². The van der Waals surface area contributed by atoms with Crippen LogP contribution in [0.15, 0.2) is 60.8 Å². The van der Waals surface area contributed by atoms with Gasteiger partial charge in [0, 0.05) is 17.8 Å². The van der Waals surface area contributed by atoms with Crippen molar-refractivity contribution in [1.82, 2.24) is 14.7 Å². The molecule has 6 nitrogen and oxygen atoms in total. The van der Waals surface area contributed by atoms with Gasteiger partial charge in [0.05, 0.1) is 29.7 Å². The Kier molecular flexibility index (Phi) is 6.11. The highest BCUT2D eigenvalue weighted by Crippen LogP contribution is 2.20. The van der Waals surface area contributed by atoms with Crippen LogP contribution in [0.5, 0.6) is 0 Å². The number of hydrogen-bond acceptors (Lipinski definition) is 3. The van der Waals surface area contributed by atoms with Gasteiger partial charge >= 0.3 is 0 Å². The van der Waals surface area contributed by atoms with Crippen LogP contribution in [0.25, 0.3) is 5.69 Å². The number of carbonyl (C=O) groups excluding carboxylic acids is 2. The zero-order chi connectivity index (χ0) is 20.1. The van der Waals surface area contributed by atoms with Gasteiger partial charge in [0.1, 0.15) is 0 Å². The molecule has 2 aromatic carbocycles. The minimum Gasteiger partial charge on any atom is -0.332 e. The average Bonchev–Trinajstić information content (AvgIpc) is 3.12. The van der Waals surface area contributed by atoms with Crippen LogP contribution in [0, 0.1) is 0 Å². The van der Waals surface area contributed by atoms with Gasteiger partial charge in [-0.1, -0.05) is 42.8 Å². The van der Waals surface area contributed by atoms with Crippen molar-refractivity contribution in [2.75, 3.05) is 18.9 Å². The molecule has 28 heavy (non-hydrogen) atoms. The van der Waals surface area contributed by atoms with Crippen LogP contribution >= 0.6 is 11.6 Å². The molecule has 1 heterocycles. The number of amides is 2. The van der Waals surface area contributed by atoms with Crippen molar-refractivity contribution < 1.29 is 9.59 Å². The van der Waals surface area contributed by atoms with Crippen LogP contribution in [0.2, 0.25) is 5.02 Å². The van der Waals surface area contributed by atoms with Crippen molar-refractivity contribution in [3.05, 3.63) is 77.1 Å². The summed E-state index contributed by atoms with van der Waals surface area (Å²) in [7, 11) is 1.60. The maximum absolute atomic E-state index is 12.9. The summed E-state index contributed by atoms with van der Waals surface area (Å²) in [6, 6.07) is 16.4. The van der Waals surface area contributed by atoms with Gasteiger partial charge in [-0.05, 0) is 36.8 Å². The predicted molar refractivity (Wildman–Crippen MR) is 110 cm³/mol. The van der Waals surface area contributed by atoms with E-state index in [1.165, 1.54) is 11.1 Å². The number of anilines is 1. The van der Waals surface area contributed by atoms with Gasteiger partial charge in [-0.15, -0.1) is 0 Å². The number of halogens is 1. The molecule has 0 atom stereocenters. The highest BCUT2D eigenvalue weighted by molar-refractivity contribution is 6.30. The molecule has 1 N–H and O–H groups in total. The topological polar surface area (TPSA) is 67.2 Å². The number of nitrogens with one attached hydrogen (secondary N) is 1. The maximum Gasteiger partial charge on any atom is 0.257 e. The molecule has 0 saturated carbocycles. The summed E-state index contributed by atoms with van der Waals surface area (Å²) >= 11 is 6.07. The summed E-state index contributed by atoms with van der Waals surface area (Å²) in [4.78, 5) is 26.5. The average molecular weight is 397 g/mol. The van der Waals surface area contributed by atoms with Gasteiger partial charge < -0.3 is 10.2 Å². The molecule has 0 radical (unpaired) electrons. The second kappa shape index (κ2) is 8.71. The highest BCUT2D eigenvalue weighted by Gasteiger charge is 2.22. The fourth-order valence-electron chi connectivity index (χ4n) is 2.94. The quantitative estimate of drug-likeness (QED) is 0.689. The molecule has 0 unspecified atom stereocenters. The van der Waals surface area contributed by atoms with E-state index in [-0.39, 0.29) is 18.4 Å². The van der Waals surface area contributed by atoms with Crippen molar-refractivity contribution in [3.63, 3.8) is 0 Å². The summed E-state index contributed by atoms with van der Waals surface area (Å²) in [5.41, 5.74) is 2.71. The third kappa shape index (κ3) is 4.40. The number of para-hydroxylation sites is 1. The first-order chi connectivity index (χ1) is 13.5. The molecule has 0 aliphatic heterocycles. The van der Waals surface area contributed by atoms with Gasteiger partial charge in [0.2, 0.25) is 5.91 Å². The molecule has 3 aromatic rings. The van der Waals surface area contributed by atoms with Crippen LogP contribution in [0.1, 0.15) is 23.0 Å². The molecule has 1 aromatic heterocycles. The lowest BCUT2D eigenvalue weighted by atomic mass is 10.1. The van der Waals surface area contributed by atoms with Gasteiger partial charge in [0.15, 0.2) is 0 Å². The molecular weight excluding hydrogens is 376 g/mol. The molecular formula is C21H21ClN4O2. The Balaban J connectivity index is 1.75. The molecule has 0 spiro atoms. The number of hydrogen-bond donors (Lipinski definition) is 1. The predicted octanol–water partition coefficient (Wildman–Crippen LogP) is 3.80. The van der Waals surface area contributed by atoms with E-state index in [9.17, 15) is 9.59 Å². The van der Waals surface area contributed by atoms with E-state index >= 15 is 0 Å². The van der Waals surface area contributed by atoms with Gasteiger partial charge in [-0.2, -0.15) is 5.10 Å². The molecule has 0 saturated heterocycles. The van der Waals surface area contributed by atoms with E-state index in [1.807, 2.05) is 37.3 Å². The zero-order valence-corrected chi connectivity index (χ0v) is 16.5. The van der Waals surface area contributed by atoms with E-state index < -0.39 is 0 Å². The Morgan fingerprint density at radius 3 is 2.57 bits per heavy atom. The third-order valence-electron chi connectivity index (χ3n) is 4.27. The zero-order valence-electron chi connectivity index (χ0n) is 15.7. The van der Waals surface area contributed by atoms with Crippen LogP contribution < -0.4 is 5.32 Å². The molecule has 3 rings (SSSR count). The summed E-state index contributed by atoms with van der Waals surface area (Å²) in [6.45, 7) is 1.90. The van der Waals surface area contributed by atoms with Gasteiger partial charge in [0.25, 0.3) is 5.91 Å². The summed E-state index contributed by atoms with van der Waals surface area (Å²) < 4.78 is 1.71. The summed E-state index contributed by atoms with van der Waals surface area (Å²) in [5.74, 6) is -0.518. The van der Waals surface area contributed by atoms with Crippen LogP contribution in [0.4, 0.5) is 5.69 Å². The van der Waals surface area contributed by atoms with Crippen molar-refractivity contribution >= 4 is 29.1 Å². The number of likely N-dealkylation sites (N-methyl/N-ethyl adjacent to an activating group) is 1. The van der Waals surface area contributed by atoms with E-state index in [0.29, 0.717) is 22.7 Å². The Hall–Kier alpha value is -3.12. The lowest BCUT2D eigenvalue weighted by Crippen LogP contribution is -2.35. The van der Waals surface area contributed by atoms with E-state index in [4.69, 9.17) is 11.6 Å². The lowest BCUT2D eigenvalue weighted by molar-refractivity contribution is -0.116. The van der Waals surface area contributed by atoms with E-state index in [0.717, 1.165) is 11.4 Å². The smallest absolute Gasteiger partial charge is 0.257 e. The number of aromatic nitrogens is 2. The Bertz CT molecular complexity index is 985. The van der Waals surface area contributed by atoms with E-state index in [2.05, 4.69) is 10.4 Å². The normalized spacial score (nSPS) is 10.5. The monoisotopic (exact) mass is 396 g/mol. The molecule has 7 heteroatoms. The summed E-state index contributed by atoms with van der Waals surface area (Å²) in [6.07, 6.45) is 2.14. The second-order valence-corrected chi connectivity index (χ2v) is 6.76. The molecule has 2 amide bonds. The Labute approximate surface area is 168 Å². The molecule has 0 aliphatic carbocycles. The summed E-state index contributed by atoms with van der Waals surface area (Å²) in [5, 5.41) is 7.73. The minimum absolute atomic E-state index is 0.0563. The fourth-order valence-corrected chi connectivity index (χ4v) is 3.12. The minimum atomic E-state index is -0.262. The molecule has 144 valence electrons. The van der Waals surface area contributed by atoms with Crippen molar-refractivity contribution in [2.45, 2.75) is 13.3 Å². The molecule has 0 fully saturated rings. The standard InChI is InChI=1S/C21H21ClN4O2/c1-3-19-18(13-23-26(19)17-11-7-8-15(22)12-17)21(28)25(2)14-20(27)24-16-9-5-4-6-10-16/h4-13H,3,14H2,1-2H3,(H,24,27). The van der Waals surface area contributed by atoms with Crippen LogP contribution in [-0.2, 0) is 11.2 Å². The number of benzene rings is 2. The first-order valence-corrected chi connectivity index (χ1v) is 9.30. The number of rotatable bonds is 6. The highest BCUT2D eigenvalue weighted by atomic mass is 35.5. The number of nitrogens with zero attached hydrogens (tertiary/aromatic N) is 3. The third-order valence-corrected chi connectivity index (χ3v) is 4.51. The Morgan fingerprint density at radius 2 is 1.89 bits per heavy atom. The molecule has 0 bridgehead atoms. The van der Waals surface area contributed by atoms with Crippen LogP contribution in [0.3, 0.4) is 0 Å².